The van der Waals surface area contributed by atoms with Crippen LogP contribution in [0.3, 0.4) is 0 Å². The molecule has 1 heterocycles. The standard InChI is InChI=1S/C12H13NO6/c14-4-9-5-1-7(11(9)12(16)17)6-2-10(15)19-13(18)3-8(5)6/h3-9,11H,1-2H2,(H,16,17). The average Bonchev–Trinajstić information content (AvgIpc) is 2.80. The number of nitrogens with zero attached hydrogens (tertiary/aromatic N) is 1. The van der Waals surface area contributed by atoms with Crippen molar-refractivity contribution < 1.29 is 29.2 Å². The van der Waals surface area contributed by atoms with E-state index in [1.165, 1.54) is 6.21 Å². The molecule has 1 N–H and O–H groups in total. The molecule has 0 aromatic rings. The van der Waals surface area contributed by atoms with Gasteiger partial charge in [0.2, 0.25) is 6.21 Å². The fourth-order valence-electron chi connectivity index (χ4n) is 4.17. The molecule has 6 unspecified atom stereocenters. The first-order chi connectivity index (χ1) is 9.02. The van der Waals surface area contributed by atoms with Crippen molar-refractivity contribution in [3.63, 3.8) is 0 Å². The molecule has 2 saturated carbocycles. The lowest BCUT2D eigenvalue weighted by molar-refractivity contribution is -0.710. The molecule has 7 heteroatoms. The number of aldehydes is 1. The molecule has 19 heavy (non-hydrogen) atoms. The molecule has 7 nitrogen and oxygen atoms in total. The fourth-order valence-corrected chi connectivity index (χ4v) is 4.17. The lowest BCUT2D eigenvalue weighted by Gasteiger charge is -2.32. The molecule has 0 radical (unpaired) electrons. The van der Waals surface area contributed by atoms with Gasteiger partial charge < -0.3 is 14.7 Å². The third-order valence-electron chi connectivity index (χ3n) is 4.78. The SMILES string of the molecule is O=CC1C2CC(C3CC(=O)O[N+]([O-])=CC23)C1C(=O)O. The normalized spacial score (nSPS) is 44.0. The van der Waals surface area contributed by atoms with Crippen LogP contribution in [0.4, 0.5) is 0 Å². The van der Waals surface area contributed by atoms with Gasteiger partial charge >= 0.3 is 5.97 Å². The van der Waals surface area contributed by atoms with Gasteiger partial charge in [0.05, 0.1) is 5.92 Å². The second kappa shape index (κ2) is 4.04. The van der Waals surface area contributed by atoms with Crippen LogP contribution in [-0.2, 0) is 19.2 Å². The Morgan fingerprint density at radius 2 is 2.21 bits per heavy atom. The van der Waals surface area contributed by atoms with Crippen molar-refractivity contribution in [2.24, 2.45) is 35.5 Å². The van der Waals surface area contributed by atoms with Crippen molar-refractivity contribution >= 4 is 24.4 Å². The van der Waals surface area contributed by atoms with Crippen LogP contribution in [0.15, 0.2) is 0 Å². The third kappa shape index (κ3) is 1.64. The quantitative estimate of drug-likeness (QED) is 0.423. The number of hydrogen-bond donors (Lipinski definition) is 1. The van der Waals surface area contributed by atoms with Crippen LogP contribution in [0, 0.1) is 40.7 Å². The van der Waals surface area contributed by atoms with Crippen LogP contribution in [0.1, 0.15) is 12.8 Å². The number of fused-ring (bicyclic) bond motifs is 5. The van der Waals surface area contributed by atoms with Gasteiger partial charge in [0.1, 0.15) is 6.29 Å². The first-order valence-corrected chi connectivity index (χ1v) is 6.23. The summed E-state index contributed by atoms with van der Waals surface area (Å²) in [5, 5.41) is 20.6. The van der Waals surface area contributed by atoms with E-state index in [4.69, 9.17) is 0 Å². The monoisotopic (exact) mass is 267 g/mol. The minimum absolute atomic E-state index is 0.0381. The van der Waals surface area contributed by atoms with Gasteiger partial charge in [-0.25, -0.2) is 0 Å². The zero-order valence-corrected chi connectivity index (χ0v) is 9.97. The van der Waals surface area contributed by atoms with E-state index < -0.39 is 23.8 Å². The van der Waals surface area contributed by atoms with Crippen LogP contribution >= 0.6 is 0 Å². The van der Waals surface area contributed by atoms with Gasteiger partial charge in [-0.2, -0.15) is 0 Å². The first-order valence-electron chi connectivity index (χ1n) is 6.23. The fraction of sp³-hybridized carbons (Fsp3) is 0.667. The number of carbonyl (C=O) groups is 3. The van der Waals surface area contributed by atoms with Crippen LogP contribution in [-0.4, -0.2) is 34.4 Å². The summed E-state index contributed by atoms with van der Waals surface area (Å²) in [5.41, 5.74) is 0. The molecule has 1 aliphatic heterocycles. The Bertz CT molecular complexity index is 487. The smallest absolute Gasteiger partial charge is 0.307 e. The van der Waals surface area contributed by atoms with Crippen molar-refractivity contribution in [2.45, 2.75) is 12.8 Å². The molecule has 0 aromatic carbocycles. The number of hydrogen-bond acceptors (Lipinski definition) is 5. The van der Waals surface area contributed by atoms with Crippen molar-refractivity contribution in [1.29, 1.82) is 0 Å². The average molecular weight is 267 g/mol. The molecule has 0 saturated heterocycles. The Morgan fingerprint density at radius 3 is 2.84 bits per heavy atom. The van der Waals surface area contributed by atoms with E-state index in [-0.39, 0.29) is 35.0 Å². The van der Waals surface area contributed by atoms with Crippen molar-refractivity contribution in [2.75, 3.05) is 0 Å². The maximum Gasteiger partial charge on any atom is 0.307 e. The predicted molar refractivity (Wildman–Crippen MR) is 59.7 cm³/mol. The lowest BCUT2D eigenvalue weighted by Crippen LogP contribution is -2.40. The maximum atomic E-state index is 11.4. The van der Waals surface area contributed by atoms with Crippen molar-refractivity contribution in [3.8, 4) is 0 Å². The third-order valence-corrected chi connectivity index (χ3v) is 4.78. The summed E-state index contributed by atoms with van der Waals surface area (Å²) in [6, 6.07) is 0. The van der Waals surface area contributed by atoms with Gasteiger partial charge in [0.15, 0.2) is 0 Å². The molecule has 3 aliphatic rings. The van der Waals surface area contributed by atoms with Crippen LogP contribution in [0.25, 0.3) is 0 Å². The predicted octanol–water partition coefficient (Wildman–Crippen LogP) is -0.173. The van der Waals surface area contributed by atoms with E-state index in [0.717, 1.165) is 0 Å². The Kier molecular flexibility index (Phi) is 2.58. The van der Waals surface area contributed by atoms with E-state index >= 15 is 0 Å². The highest BCUT2D eigenvalue weighted by Crippen LogP contribution is 2.58. The Labute approximate surface area is 108 Å². The Hall–Kier alpha value is -1.92. The summed E-state index contributed by atoms with van der Waals surface area (Å²) in [7, 11) is 0. The van der Waals surface area contributed by atoms with Gasteiger partial charge in [0.25, 0.3) is 5.97 Å². The highest BCUT2D eigenvalue weighted by molar-refractivity contribution is 5.79. The van der Waals surface area contributed by atoms with E-state index in [0.29, 0.717) is 12.7 Å². The zero-order valence-electron chi connectivity index (χ0n) is 9.97. The van der Waals surface area contributed by atoms with Crippen LogP contribution in [0.2, 0.25) is 0 Å². The van der Waals surface area contributed by atoms with E-state index in [2.05, 4.69) is 4.84 Å². The summed E-state index contributed by atoms with van der Waals surface area (Å²) in [6.45, 7) is 0. The highest BCUT2D eigenvalue weighted by atomic mass is 16.9. The molecule has 2 fully saturated rings. The molecule has 0 aromatic heterocycles. The topological polar surface area (TPSA) is 107 Å². The van der Waals surface area contributed by atoms with Gasteiger partial charge in [-0.05, 0) is 24.2 Å². The number of rotatable bonds is 2. The minimum atomic E-state index is -1.00. The van der Waals surface area contributed by atoms with Gasteiger partial charge in [-0.3, -0.25) is 14.8 Å². The Balaban J connectivity index is 1.98. The molecule has 2 bridgehead atoms. The van der Waals surface area contributed by atoms with Gasteiger partial charge in [0, 0.05) is 23.2 Å². The largest absolute Gasteiger partial charge is 0.481 e. The minimum Gasteiger partial charge on any atom is -0.481 e. The summed E-state index contributed by atoms with van der Waals surface area (Å²) in [6.07, 6.45) is 2.56. The molecule has 0 spiro atoms. The number of carbonyl (C=O) groups excluding carboxylic acids is 2. The van der Waals surface area contributed by atoms with E-state index in [9.17, 15) is 24.7 Å². The number of carboxylic acids is 1. The van der Waals surface area contributed by atoms with Gasteiger partial charge in [-0.1, -0.05) is 0 Å². The molecule has 102 valence electrons. The summed E-state index contributed by atoms with van der Waals surface area (Å²) < 4.78 is 0. The molecular weight excluding hydrogens is 254 g/mol. The number of aliphatic carboxylic acids is 1. The second-order valence-electron chi connectivity index (χ2n) is 5.48. The Morgan fingerprint density at radius 1 is 1.47 bits per heavy atom. The summed E-state index contributed by atoms with van der Waals surface area (Å²) in [5.74, 6) is -3.85. The van der Waals surface area contributed by atoms with Crippen LogP contribution < -0.4 is 0 Å². The van der Waals surface area contributed by atoms with Crippen molar-refractivity contribution in [1.82, 2.24) is 0 Å². The van der Waals surface area contributed by atoms with Gasteiger partial charge in [-0.15, -0.1) is 0 Å². The maximum absolute atomic E-state index is 11.4. The highest BCUT2D eigenvalue weighted by Gasteiger charge is 2.61. The number of carboxylic acid groups (broad SMARTS) is 1. The molecule has 2 aliphatic carbocycles. The van der Waals surface area contributed by atoms with E-state index in [1.807, 2.05) is 0 Å². The molecule has 3 rings (SSSR count). The van der Waals surface area contributed by atoms with Crippen LogP contribution in [0.5, 0.6) is 0 Å². The second-order valence-corrected chi connectivity index (χ2v) is 5.48. The van der Waals surface area contributed by atoms with E-state index in [1.54, 1.807) is 0 Å². The van der Waals surface area contributed by atoms with Crippen molar-refractivity contribution in [3.05, 3.63) is 5.21 Å². The lowest BCUT2D eigenvalue weighted by atomic mass is 9.68. The summed E-state index contributed by atoms with van der Waals surface area (Å²) in [4.78, 5) is 38.5. The first kappa shape index (κ1) is 12.1. The molecular formula is C12H13NO6. The molecule has 6 atom stereocenters. The zero-order chi connectivity index (χ0) is 13.7. The summed E-state index contributed by atoms with van der Waals surface area (Å²) >= 11 is 0. The molecule has 0 amide bonds.